The van der Waals surface area contributed by atoms with Crippen LogP contribution in [0.5, 0.6) is 0 Å². The number of benzene rings is 1. The Kier molecular flexibility index (Phi) is 6.93. The molecule has 0 saturated carbocycles. The van der Waals surface area contributed by atoms with E-state index in [-0.39, 0.29) is 6.04 Å². The van der Waals surface area contributed by atoms with Crippen molar-refractivity contribution in [2.45, 2.75) is 39.2 Å². The molecular weight excluding hydrogens is 410 g/mol. The molecule has 0 radical (unpaired) electrons. The molecule has 21 heavy (non-hydrogen) atoms. The van der Waals surface area contributed by atoms with Gasteiger partial charge in [0, 0.05) is 0 Å². The molecule has 1 atom stereocenters. The van der Waals surface area contributed by atoms with Gasteiger partial charge in [-0.2, -0.15) is 0 Å². The number of hydrogen-bond acceptors (Lipinski definition) is 2. The molecule has 2 rings (SSSR count). The Labute approximate surface area is 148 Å². The van der Waals surface area contributed by atoms with E-state index in [0.717, 1.165) is 23.2 Å². The van der Waals surface area contributed by atoms with Gasteiger partial charge in [0.15, 0.2) is 0 Å². The van der Waals surface area contributed by atoms with Crippen molar-refractivity contribution in [3.8, 4) is 0 Å². The zero-order valence-corrected chi connectivity index (χ0v) is 16.4. The van der Waals surface area contributed by atoms with Crippen LogP contribution in [0.3, 0.4) is 0 Å². The topological polar surface area (TPSA) is 12.0 Å². The molecule has 0 fully saturated rings. The van der Waals surface area contributed by atoms with Crippen LogP contribution in [0.4, 0.5) is 0 Å². The van der Waals surface area contributed by atoms with Crippen molar-refractivity contribution in [3.63, 3.8) is 0 Å². The summed E-state index contributed by atoms with van der Waals surface area (Å²) in [4.78, 5) is 0. The first kappa shape index (κ1) is 17.2. The van der Waals surface area contributed by atoms with E-state index in [2.05, 4.69) is 81.4 Å². The van der Waals surface area contributed by atoms with Crippen LogP contribution in [-0.4, -0.2) is 6.54 Å². The summed E-state index contributed by atoms with van der Waals surface area (Å²) < 4.78 is 2.36. The van der Waals surface area contributed by atoms with E-state index >= 15 is 0 Å². The minimum absolute atomic E-state index is 0.249. The molecule has 4 heteroatoms. The second-order valence-electron chi connectivity index (χ2n) is 5.16. The average Bonchev–Trinajstić information content (AvgIpc) is 2.79. The quantitative estimate of drug-likeness (QED) is 0.542. The normalized spacial score (nSPS) is 12.6. The lowest BCUT2D eigenvalue weighted by Gasteiger charge is -2.19. The van der Waals surface area contributed by atoms with Gasteiger partial charge in [-0.1, -0.05) is 44.5 Å². The third-order valence-corrected chi connectivity index (χ3v) is 5.80. The van der Waals surface area contributed by atoms with Crippen LogP contribution in [0, 0.1) is 0 Å². The van der Waals surface area contributed by atoms with Crippen molar-refractivity contribution in [2.24, 2.45) is 0 Å². The van der Waals surface area contributed by atoms with Crippen molar-refractivity contribution in [3.05, 3.63) is 54.6 Å². The molecule has 0 spiro atoms. The van der Waals surface area contributed by atoms with E-state index in [1.54, 1.807) is 11.3 Å². The van der Waals surface area contributed by atoms with Gasteiger partial charge in [0.05, 0.1) is 13.6 Å². The van der Waals surface area contributed by atoms with E-state index in [4.69, 9.17) is 0 Å². The van der Waals surface area contributed by atoms with E-state index in [1.807, 2.05) is 0 Å². The Morgan fingerprint density at radius 2 is 1.95 bits per heavy atom. The van der Waals surface area contributed by atoms with Crippen LogP contribution >= 0.6 is 43.2 Å². The monoisotopic (exact) mass is 429 g/mol. The van der Waals surface area contributed by atoms with Crippen LogP contribution in [0.25, 0.3) is 0 Å². The summed E-state index contributed by atoms with van der Waals surface area (Å²) in [5.74, 6) is 0. The summed E-state index contributed by atoms with van der Waals surface area (Å²) in [5.41, 5.74) is 4.08. The highest BCUT2D eigenvalue weighted by atomic mass is 79.9. The first-order valence-corrected chi connectivity index (χ1v) is 9.82. The van der Waals surface area contributed by atoms with Crippen molar-refractivity contribution in [1.29, 1.82) is 0 Å². The molecule has 1 nitrogen and oxygen atoms in total. The van der Waals surface area contributed by atoms with Crippen molar-refractivity contribution in [1.82, 2.24) is 5.32 Å². The molecule has 0 aliphatic rings. The molecule has 0 saturated heterocycles. The number of hydrogen-bond donors (Lipinski definition) is 1. The second-order valence-corrected chi connectivity index (χ2v) is 8.91. The molecule has 114 valence electrons. The van der Waals surface area contributed by atoms with Crippen molar-refractivity contribution < 1.29 is 0 Å². The van der Waals surface area contributed by atoms with Crippen LogP contribution in [0.2, 0.25) is 0 Å². The molecule has 0 aliphatic heterocycles. The van der Waals surface area contributed by atoms with Crippen LogP contribution in [-0.2, 0) is 6.42 Å². The first-order valence-electron chi connectivity index (χ1n) is 7.42. The summed E-state index contributed by atoms with van der Waals surface area (Å²) in [7, 11) is 0. The van der Waals surface area contributed by atoms with E-state index in [0.29, 0.717) is 0 Å². The lowest BCUT2D eigenvalue weighted by molar-refractivity contribution is 0.598. The lowest BCUT2D eigenvalue weighted by Crippen LogP contribution is -2.23. The zero-order chi connectivity index (χ0) is 15.2. The molecule has 1 aromatic heterocycles. The fourth-order valence-electron chi connectivity index (χ4n) is 2.46. The van der Waals surface area contributed by atoms with Gasteiger partial charge < -0.3 is 5.32 Å². The maximum Gasteiger partial charge on any atom is 0.0761 e. The maximum absolute atomic E-state index is 3.70. The Morgan fingerprint density at radius 3 is 2.57 bits per heavy atom. The third kappa shape index (κ3) is 4.65. The molecule has 1 aromatic carbocycles. The Morgan fingerprint density at radius 1 is 1.14 bits per heavy atom. The zero-order valence-electron chi connectivity index (χ0n) is 12.5. The Bertz CT molecular complexity index is 580. The molecule has 0 amide bonds. The highest BCUT2D eigenvalue weighted by Crippen LogP contribution is 2.38. The predicted octanol–water partition coefficient (Wildman–Crippen LogP) is 6.31. The predicted molar refractivity (Wildman–Crippen MR) is 100 cm³/mol. The van der Waals surface area contributed by atoms with Gasteiger partial charge in [-0.25, -0.2) is 0 Å². The largest absolute Gasteiger partial charge is 0.306 e. The number of rotatable bonds is 7. The van der Waals surface area contributed by atoms with Crippen LogP contribution < -0.4 is 5.32 Å². The fourth-order valence-corrected chi connectivity index (χ4v) is 5.36. The van der Waals surface area contributed by atoms with E-state index in [1.165, 1.54) is 26.9 Å². The summed E-state index contributed by atoms with van der Waals surface area (Å²) in [5, 5.41) is 3.68. The van der Waals surface area contributed by atoms with Gasteiger partial charge in [-0.3, -0.25) is 0 Å². The molecule has 2 aromatic rings. The van der Waals surface area contributed by atoms with Gasteiger partial charge in [0.25, 0.3) is 0 Å². The molecule has 1 heterocycles. The average molecular weight is 431 g/mol. The lowest BCUT2D eigenvalue weighted by atomic mass is 9.98. The maximum atomic E-state index is 3.70. The number of aryl methyl sites for hydroxylation is 1. The Hall–Kier alpha value is -0.160. The minimum Gasteiger partial charge on any atom is -0.306 e. The summed E-state index contributed by atoms with van der Waals surface area (Å²) in [6.07, 6.45) is 3.46. The molecule has 0 bridgehead atoms. The Balaban J connectivity index is 2.35. The smallest absolute Gasteiger partial charge is 0.0761 e. The van der Waals surface area contributed by atoms with Gasteiger partial charge in [-0.05, 0) is 74.0 Å². The van der Waals surface area contributed by atoms with Crippen LogP contribution in [0.15, 0.2) is 37.9 Å². The molecular formula is C17H21Br2NS. The standard InChI is InChI=1S/C17H21Br2NS/c1-3-6-12-7-5-8-13(10-12)16(20-9-4-2)14-11-15(18)21-17(14)19/h5,7-8,10-11,16,20H,3-4,6,9H2,1-2H3. The highest BCUT2D eigenvalue weighted by molar-refractivity contribution is 9.12. The van der Waals surface area contributed by atoms with Crippen molar-refractivity contribution >= 4 is 43.2 Å². The molecule has 1 unspecified atom stereocenters. The molecule has 1 N–H and O–H groups in total. The third-order valence-electron chi connectivity index (χ3n) is 3.42. The van der Waals surface area contributed by atoms with Gasteiger partial charge in [-0.15, -0.1) is 11.3 Å². The first-order chi connectivity index (χ1) is 10.2. The van der Waals surface area contributed by atoms with E-state index in [9.17, 15) is 0 Å². The number of halogens is 2. The molecule has 0 aliphatic carbocycles. The minimum atomic E-state index is 0.249. The van der Waals surface area contributed by atoms with Crippen molar-refractivity contribution in [2.75, 3.05) is 6.54 Å². The number of thiophene rings is 1. The summed E-state index contributed by atoms with van der Waals surface area (Å²) in [6.45, 7) is 5.45. The van der Waals surface area contributed by atoms with E-state index < -0.39 is 0 Å². The number of nitrogens with one attached hydrogen (secondary N) is 1. The van der Waals surface area contributed by atoms with Gasteiger partial charge in [0.1, 0.15) is 0 Å². The SMILES string of the molecule is CCCNC(c1cccc(CCC)c1)c1cc(Br)sc1Br. The highest BCUT2D eigenvalue weighted by Gasteiger charge is 2.18. The summed E-state index contributed by atoms with van der Waals surface area (Å²) >= 11 is 9.03. The fraction of sp³-hybridized carbons (Fsp3) is 0.412. The van der Waals surface area contributed by atoms with Gasteiger partial charge >= 0.3 is 0 Å². The second kappa shape index (κ2) is 8.47. The van der Waals surface area contributed by atoms with Gasteiger partial charge in [0.2, 0.25) is 0 Å². The van der Waals surface area contributed by atoms with Crippen LogP contribution in [0.1, 0.15) is 49.4 Å². The summed E-state index contributed by atoms with van der Waals surface area (Å²) in [6, 6.07) is 11.4.